The third kappa shape index (κ3) is 6.53. The molecule has 3 rings (SSSR count). The van der Waals surface area contributed by atoms with Crippen molar-refractivity contribution in [2.45, 2.75) is 25.9 Å². The van der Waals surface area contributed by atoms with E-state index in [1.165, 1.54) is 11.1 Å². The molecule has 2 aromatic carbocycles. The lowest BCUT2D eigenvalue weighted by Crippen LogP contribution is -2.38. The van der Waals surface area contributed by atoms with E-state index in [0.717, 1.165) is 43.9 Å². The maximum absolute atomic E-state index is 10.3. The van der Waals surface area contributed by atoms with Crippen molar-refractivity contribution in [2.75, 3.05) is 26.2 Å². The normalized spacial score (nSPS) is 13.9. The average molecular weight is 516 g/mol. The molecule has 1 unspecified atom stereocenters. The number of halogens is 2. The van der Waals surface area contributed by atoms with Crippen LogP contribution >= 0.6 is 35.6 Å². The van der Waals surface area contributed by atoms with E-state index in [2.05, 4.69) is 33.8 Å². The number of benzene rings is 2. The monoisotopic (exact) mass is 515 g/mol. The topological polar surface area (TPSA) is 65.9 Å². The average Bonchev–Trinajstić information content (AvgIpc) is 3.14. The maximum atomic E-state index is 10.3. The van der Waals surface area contributed by atoms with Crippen LogP contribution in [0.25, 0.3) is 0 Å². The van der Waals surface area contributed by atoms with Crippen molar-refractivity contribution in [3.05, 3.63) is 64.2 Å². The Balaban J connectivity index is 0.00000280. The second kappa shape index (κ2) is 11.5. The molecule has 3 N–H and O–H groups in total. The molecule has 0 aromatic heterocycles. The van der Waals surface area contributed by atoms with Gasteiger partial charge in [0.25, 0.3) is 0 Å². The van der Waals surface area contributed by atoms with Crippen molar-refractivity contribution < 1.29 is 9.84 Å². The van der Waals surface area contributed by atoms with Gasteiger partial charge in [-0.3, -0.25) is 4.99 Å². The highest BCUT2D eigenvalue weighted by Crippen LogP contribution is 2.25. The summed E-state index contributed by atoms with van der Waals surface area (Å²) in [5.74, 6) is 1.72. The molecule has 28 heavy (non-hydrogen) atoms. The second-order valence-electron chi connectivity index (χ2n) is 6.50. The fourth-order valence-electron chi connectivity index (χ4n) is 3.03. The van der Waals surface area contributed by atoms with Crippen LogP contribution in [0.4, 0.5) is 0 Å². The highest BCUT2D eigenvalue weighted by molar-refractivity contribution is 14.0. The van der Waals surface area contributed by atoms with Crippen LogP contribution in [0.1, 0.15) is 29.7 Å². The molecule has 5 nitrogen and oxygen atoms in total. The number of hydrogen-bond donors (Lipinski definition) is 3. The van der Waals surface area contributed by atoms with Gasteiger partial charge in [-0.05, 0) is 48.2 Å². The Morgan fingerprint density at radius 2 is 2.00 bits per heavy atom. The van der Waals surface area contributed by atoms with Crippen LogP contribution in [0.2, 0.25) is 5.02 Å². The lowest BCUT2D eigenvalue weighted by molar-refractivity contribution is 0.187. The van der Waals surface area contributed by atoms with Crippen molar-refractivity contribution in [3.63, 3.8) is 0 Å². The maximum Gasteiger partial charge on any atom is 0.191 e. The second-order valence-corrected chi connectivity index (χ2v) is 6.94. The zero-order chi connectivity index (χ0) is 19.1. The first-order chi connectivity index (χ1) is 13.2. The van der Waals surface area contributed by atoms with E-state index in [1.807, 2.05) is 19.1 Å². The standard InChI is InChI=1S/C21H26ClN3O2.HI/c1-2-23-21(25-14-19(26)16-4-6-18(22)7-5-16)24-11-9-15-3-8-20-17(13-15)10-12-27-20;/h3-8,13,19,26H,2,9-12,14H2,1H3,(H2,23,24,25);1H. The highest BCUT2D eigenvalue weighted by atomic mass is 127. The fraction of sp³-hybridized carbons (Fsp3) is 0.381. The molecule has 1 heterocycles. The number of fused-ring (bicyclic) bond motifs is 1. The van der Waals surface area contributed by atoms with Crippen LogP contribution in [-0.2, 0) is 12.8 Å². The van der Waals surface area contributed by atoms with Crippen LogP contribution in [0.15, 0.2) is 47.5 Å². The molecule has 1 atom stereocenters. The number of hydrogen-bond acceptors (Lipinski definition) is 3. The Kier molecular flexibility index (Phi) is 9.34. The van der Waals surface area contributed by atoms with Crippen LogP contribution in [0, 0.1) is 0 Å². The number of guanidine groups is 1. The predicted molar refractivity (Wildman–Crippen MR) is 125 cm³/mol. The first-order valence-corrected chi connectivity index (χ1v) is 9.74. The Morgan fingerprint density at radius 3 is 2.75 bits per heavy atom. The SMILES string of the molecule is CCNC(=NCC(O)c1ccc(Cl)cc1)NCCc1ccc2c(c1)CCO2.I. The van der Waals surface area contributed by atoms with Crippen molar-refractivity contribution >= 4 is 41.5 Å². The highest BCUT2D eigenvalue weighted by Gasteiger charge is 2.12. The quantitative estimate of drug-likeness (QED) is 0.299. The van der Waals surface area contributed by atoms with E-state index in [-0.39, 0.29) is 30.5 Å². The van der Waals surface area contributed by atoms with E-state index >= 15 is 0 Å². The number of nitrogens with zero attached hydrogens (tertiary/aromatic N) is 1. The lowest BCUT2D eigenvalue weighted by atomic mass is 10.1. The minimum Gasteiger partial charge on any atom is -0.493 e. The van der Waals surface area contributed by atoms with Gasteiger partial charge in [0.15, 0.2) is 5.96 Å². The number of aliphatic hydroxyl groups is 1. The molecule has 7 heteroatoms. The largest absolute Gasteiger partial charge is 0.493 e. The molecule has 0 saturated carbocycles. The zero-order valence-corrected chi connectivity index (χ0v) is 19.0. The number of aliphatic hydroxyl groups excluding tert-OH is 1. The van der Waals surface area contributed by atoms with E-state index in [0.29, 0.717) is 11.0 Å². The summed E-state index contributed by atoms with van der Waals surface area (Å²) in [6.45, 7) is 4.62. The summed E-state index contributed by atoms with van der Waals surface area (Å²) in [7, 11) is 0. The predicted octanol–water partition coefficient (Wildman–Crippen LogP) is 3.72. The molecule has 0 spiro atoms. The summed E-state index contributed by atoms with van der Waals surface area (Å²) in [6.07, 6.45) is 1.23. The van der Waals surface area contributed by atoms with Gasteiger partial charge in [0.05, 0.1) is 19.3 Å². The van der Waals surface area contributed by atoms with Gasteiger partial charge in [-0.15, -0.1) is 24.0 Å². The van der Waals surface area contributed by atoms with E-state index in [9.17, 15) is 5.11 Å². The Bertz CT molecular complexity index is 784. The van der Waals surface area contributed by atoms with Gasteiger partial charge < -0.3 is 20.5 Å². The Labute approximate surface area is 188 Å². The molecule has 0 saturated heterocycles. The Hall–Kier alpha value is -1.51. The van der Waals surface area contributed by atoms with Crippen molar-refractivity contribution in [2.24, 2.45) is 4.99 Å². The number of ether oxygens (including phenoxy) is 1. The smallest absolute Gasteiger partial charge is 0.191 e. The van der Waals surface area contributed by atoms with E-state index in [4.69, 9.17) is 16.3 Å². The first-order valence-electron chi connectivity index (χ1n) is 9.36. The van der Waals surface area contributed by atoms with Gasteiger partial charge in [0, 0.05) is 24.5 Å². The molecular formula is C21H27ClIN3O2. The van der Waals surface area contributed by atoms with Crippen molar-refractivity contribution in [3.8, 4) is 5.75 Å². The molecule has 1 aliphatic heterocycles. The molecule has 2 aromatic rings. The van der Waals surface area contributed by atoms with Gasteiger partial charge in [-0.1, -0.05) is 35.9 Å². The number of aliphatic imine (C=N–C) groups is 1. The summed E-state index contributed by atoms with van der Waals surface area (Å²) in [6, 6.07) is 13.6. The van der Waals surface area contributed by atoms with E-state index < -0.39 is 6.10 Å². The molecule has 0 fully saturated rings. The van der Waals surface area contributed by atoms with Crippen LogP contribution in [0.3, 0.4) is 0 Å². The van der Waals surface area contributed by atoms with Gasteiger partial charge in [-0.2, -0.15) is 0 Å². The summed E-state index contributed by atoms with van der Waals surface area (Å²) in [5, 5.41) is 17.5. The number of nitrogens with one attached hydrogen (secondary N) is 2. The Morgan fingerprint density at radius 1 is 1.21 bits per heavy atom. The van der Waals surface area contributed by atoms with Crippen LogP contribution in [-0.4, -0.2) is 37.3 Å². The third-order valence-electron chi connectivity index (χ3n) is 4.48. The summed E-state index contributed by atoms with van der Waals surface area (Å²) in [5.41, 5.74) is 3.38. The first kappa shape index (κ1) is 22.8. The van der Waals surface area contributed by atoms with E-state index in [1.54, 1.807) is 12.1 Å². The molecule has 0 radical (unpaired) electrons. The van der Waals surface area contributed by atoms with Gasteiger partial charge in [0.2, 0.25) is 0 Å². The molecular weight excluding hydrogens is 489 g/mol. The molecule has 152 valence electrons. The third-order valence-corrected chi connectivity index (χ3v) is 4.73. The van der Waals surface area contributed by atoms with Crippen LogP contribution in [0.5, 0.6) is 5.75 Å². The molecule has 0 aliphatic carbocycles. The molecule has 1 aliphatic rings. The molecule has 0 bridgehead atoms. The van der Waals surface area contributed by atoms with Crippen molar-refractivity contribution in [1.82, 2.24) is 10.6 Å². The van der Waals surface area contributed by atoms with Gasteiger partial charge in [0.1, 0.15) is 5.75 Å². The zero-order valence-electron chi connectivity index (χ0n) is 16.0. The fourth-order valence-corrected chi connectivity index (χ4v) is 3.16. The van der Waals surface area contributed by atoms with Crippen molar-refractivity contribution in [1.29, 1.82) is 0 Å². The number of rotatable bonds is 7. The lowest BCUT2D eigenvalue weighted by Gasteiger charge is -2.13. The minimum absolute atomic E-state index is 0. The van der Waals surface area contributed by atoms with Gasteiger partial charge in [-0.25, -0.2) is 0 Å². The van der Waals surface area contributed by atoms with Gasteiger partial charge >= 0.3 is 0 Å². The summed E-state index contributed by atoms with van der Waals surface area (Å²) in [4.78, 5) is 4.49. The summed E-state index contributed by atoms with van der Waals surface area (Å²) >= 11 is 5.89. The summed E-state index contributed by atoms with van der Waals surface area (Å²) < 4.78 is 5.55. The minimum atomic E-state index is -0.658. The molecule has 0 amide bonds. The van der Waals surface area contributed by atoms with Crippen LogP contribution < -0.4 is 15.4 Å².